The molecule has 25 heavy (non-hydrogen) atoms. The second-order valence-corrected chi connectivity index (χ2v) is 7.48. The van der Waals surface area contributed by atoms with E-state index in [0.717, 1.165) is 32.0 Å². The summed E-state index contributed by atoms with van der Waals surface area (Å²) in [5.74, 6) is 0.583. The van der Waals surface area contributed by atoms with Gasteiger partial charge in [0.1, 0.15) is 21.8 Å². The summed E-state index contributed by atoms with van der Waals surface area (Å²) in [5.41, 5.74) is 2.46. The van der Waals surface area contributed by atoms with Crippen molar-refractivity contribution in [1.82, 2.24) is 19.9 Å². The summed E-state index contributed by atoms with van der Waals surface area (Å²) >= 11 is 3.12. The number of aromatic nitrogens is 4. The number of nitrogens with zero attached hydrogens (tertiary/aromatic N) is 3. The molecule has 0 saturated heterocycles. The van der Waals surface area contributed by atoms with Crippen LogP contribution >= 0.6 is 22.7 Å². The minimum Gasteiger partial charge on any atom is -0.344 e. The van der Waals surface area contributed by atoms with Gasteiger partial charge in [-0.1, -0.05) is 30.3 Å². The Morgan fingerprint density at radius 2 is 1.96 bits per heavy atom. The number of hydrogen-bond donors (Lipinski definition) is 2. The van der Waals surface area contributed by atoms with Gasteiger partial charge in [-0.05, 0) is 6.92 Å². The predicted octanol–water partition coefficient (Wildman–Crippen LogP) is 4.83. The van der Waals surface area contributed by atoms with E-state index in [2.05, 4.69) is 15.0 Å². The maximum absolute atomic E-state index is 8.23. The molecule has 0 radical (unpaired) electrons. The maximum Gasteiger partial charge on any atom is 0.149 e. The molecule has 0 amide bonds. The lowest BCUT2D eigenvalue weighted by atomic mass is 10.1. The lowest BCUT2D eigenvalue weighted by Crippen LogP contribution is -2.09. The minimum atomic E-state index is -0.212. The molecule has 1 atom stereocenters. The smallest absolute Gasteiger partial charge is 0.149 e. The summed E-state index contributed by atoms with van der Waals surface area (Å²) in [6, 6.07) is 10.1. The highest BCUT2D eigenvalue weighted by Crippen LogP contribution is 2.40. The number of rotatable bonds is 5. The molecule has 1 unspecified atom stereocenters. The first-order chi connectivity index (χ1) is 12.2. The number of thiazole rings is 2. The van der Waals surface area contributed by atoms with E-state index in [1.807, 2.05) is 48.8 Å². The van der Waals surface area contributed by atoms with Gasteiger partial charge in [0.2, 0.25) is 0 Å². The highest BCUT2D eigenvalue weighted by Gasteiger charge is 2.26. The van der Waals surface area contributed by atoms with Crippen LogP contribution in [0.3, 0.4) is 0 Å². The van der Waals surface area contributed by atoms with Gasteiger partial charge in [0.15, 0.2) is 0 Å². The van der Waals surface area contributed by atoms with Crippen molar-refractivity contribution in [1.29, 1.82) is 5.41 Å². The van der Waals surface area contributed by atoms with E-state index in [0.29, 0.717) is 5.71 Å². The summed E-state index contributed by atoms with van der Waals surface area (Å²) in [6.07, 6.45) is 5.32. The van der Waals surface area contributed by atoms with E-state index < -0.39 is 0 Å². The molecule has 0 aliphatic carbocycles. The van der Waals surface area contributed by atoms with Crippen molar-refractivity contribution in [2.24, 2.45) is 0 Å². The van der Waals surface area contributed by atoms with E-state index >= 15 is 0 Å². The largest absolute Gasteiger partial charge is 0.344 e. The van der Waals surface area contributed by atoms with Crippen molar-refractivity contribution in [3.05, 3.63) is 64.3 Å². The van der Waals surface area contributed by atoms with Crippen LogP contribution in [-0.2, 0) is 0 Å². The molecule has 3 heterocycles. The first-order valence-corrected chi connectivity index (χ1v) is 9.44. The van der Waals surface area contributed by atoms with Crippen LogP contribution in [0.1, 0.15) is 22.9 Å². The van der Waals surface area contributed by atoms with Gasteiger partial charge in [-0.25, -0.2) is 15.0 Å². The number of nitrogens with one attached hydrogen (secondary N) is 2. The zero-order chi connectivity index (χ0) is 17.2. The Morgan fingerprint density at radius 1 is 1.12 bits per heavy atom. The predicted molar refractivity (Wildman–Crippen MR) is 102 cm³/mol. The standard InChI is InChI=1S/C18H15N5S2/c1-11(19)13(17-22-9-10-24-17)18-23-14(12-5-3-2-4-6-12)15(25-18)16-20-7-8-21-16/h2-10,13,19H,1H3,(H,20,21). The summed E-state index contributed by atoms with van der Waals surface area (Å²) in [7, 11) is 0. The van der Waals surface area contributed by atoms with E-state index in [9.17, 15) is 0 Å². The molecule has 0 aliphatic rings. The fraction of sp³-hybridized carbons (Fsp3) is 0.111. The molecule has 124 valence electrons. The first kappa shape index (κ1) is 15.9. The Morgan fingerprint density at radius 3 is 2.60 bits per heavy atom. The summed E-state index contributed by atoms with van der Waals surface area (Å²) < 4.78 is 0. The topological polar surface area (TPSA) is 78.3 Å². The van der Waals surface area contributed by atoms with Crippen LogP contribution < -0.4 is 0 Å². The average molecular weight is 365 g/mol. The molecule has 7 heteroatoms. The van der Waals surface area contributed by atoms with Crippen LogP contribution in [0.4, 0.5) is 0 Å². The van der Waals surface area contributed by atoms with Crippen molar-refractivity contribution >= 4 is 28.4 Å². The van der Waals surface area contributed by atoms with Gasteiger partial charge in [0, 0.05) is 35.2 Å². The molecule has 5 nitrogen and oxygen atoms in total. The third-order valence-electron chi connectivity index (χ3n) is 3.78. The molecule has 0 bridgehead atoms. The Kier molecular flexibility index (Phi) is 4.25. The number of imidazole rings is 1. The fourth-order valence-corrected chi connectivity index (χ4v) is 4.76. The van der Waals surface area contributed by atoms with Crippen LogP contribution in [0.25, 0.3) is 22.0 Å². The third kappa shape index (κ3) is 3.04. The lowest BCUT2D eigenvalue weighted by Gasteiger charge is -2.09. The highest BCUT2D eigenvalue weighted by molar-refractivity contribution is 7.16. The van der Waals surface area contributed by atoms with Crippen molar-refractivity contribution in [3.63, 3.8) is 0 Å². The zero-order valence-electron chi connectivity index (χ0n) is 13.4. The van der Waals surface area contributed by atoms with E-state index in [-0.39, 0.29) is 5.92 Å². The molecule has 1 aromatic carbocycles. The van der Waals surface area contributed by atoms with Gasteiger partial charge in [0.25, 0.3) is 0 Å². The molecular formula is C18H15N5S2. The summed E-state index contributed by atoms with van der Waals surface area (Å²) in [6.45, 7) is 1.81. The quantitative estimate of drug-likeness (QED) is 0.497. The van der Waals surface area contributed by atoms with Gasteiger partial charge in [-0.3, -0.25) is 0 Å². The Bertz CT molecular complexity index is 972. The Hall–Kier alpha value is -2.64. The summed E-state index contributed by atoms with van der Waals surface area (Å²) in [4.78, 5) is 17.9. The average Bonchev–Trinajstić information content (AvgIpc) is 3.37. The number of benzene rings is 1. The molecule has 0 fully saturated rings. The van der Waals surface area contributed by atoms with Crippen LogP contribution in [0.2, 0.25) is 0 Å². The molecule has 3 aromatic heterocycles. The molecular weight excluding hydrogens is 350 g/mol. The van der Waals surface area contributed by atoms with Crippen LogP contribution in [0.5, 0.6) is 0 Å². The second kappa shape index (κ2) is 6.70. The Balaban J connectivity index is 1.89. The van der Waals surface area contributed by atoms with E-state index in [1.165, 1.54) is 0 Å². The van der Waals surface area contributed by atoms with Crippen molar-refractivity contribution in [3.8, 4) is 22.0 Å². The van der Waals surface area contributed by atoms with Crippen LogP contribution in [0.15, 0.2) is 54.3 Å². The molecule has 0 spiro atoms. The van der Waals surface area contributed by atoms with E-state index in [1.54, 1.807) is 35.1 Å². The third-order valence-corrected chi connectivity index (χ3v) is 5.75. The zero-order valence-corrected chi connectivity index (χ0v) is 15.1. The van der Waals surface area contributed by atoms with Gasteiger partial charge in [-0.2, -0.15) is 0 Å². The number of H-pyrrole nitrogens is 1. The SMILES string of the molecule is CC(=N)C(c1nccs1)c1nc(-c2ccccc2)c(-c2ncc[nH]2)s1. The highest BCUT2D eigenvalue weighted by atomic mass is 32.1. The molecule has 4 rings (SSSR count). The van der Waals surface area contributed by atoms with Crippen LogP contribution in [0, 0.1) is 5.41 Å². The summed E-state index contributed by atoms with van der Waals surface area (Å²) in [5, 5.41) is 11.9. The maximum atomic E-state index is 8.23. The van der Waals surface area contributed by atoms with Crippen molar-refractivity contribution in [2.45, 2.75) is 12.8 Å². The molecule has 0 aliphatic heterocycles. The van der Waals surface area contributed by atoms with Crippen molar-refractivity contribution in [2.75, 3.05) is 0 Å². The fourth-order valence-electron chi connectivity index (χ4n) is 2.65. The second-order valence-electron chi connectivity index (χ2n) is 5.52. The Labute approximate surface area is 153 Å². The molecule has 2 N–H and O–H groups in total. The van der Waals surface area contributed by atoms with Gasteiger partial charge < -0.3 is 10.4 Å². The van der Waals surface area contributed by atoms with Gasteiger partial charge in [0.05, 0.1) is 10.6 Å². The minimum absolute atomic E-state index is 0.212. The normalized spacial score (nSPS) is 12.2. The molecule has 0 saturated carbocycles. The van der Waals surface area contributed by atoms with Gasteiger partial charge in [-0.15, -0.1) is 22.7 Å². The van der Waals surface area contributed by atoms with Gasteiger partial charge >= 0.3 is 0 Å². The lowest BCUT2D eigenvalue weighted by molar-refractivity contribution is 1.00. The number of aromatic amines is 1. The monoisotopic (exact) mass is 365 g/mol. The number of hydrogen-bond acceptors (Lipinski definition) is 6. The van der Waals surface area contributed by atoms with E-state index in [4.69, 9.17) is 10.4 Å². The first-order valence-electron chi connectivity index (χ1n) is 7.74. The van der Waals surface area contributed by atoms with Crippen molar-refractivity contribution < 1.29 is 0 Å². The van der Waals surface area contributed by atoms with Crippen LogP contribution in [-0.4, -0.2) is 25.6 Å². The molecule has 4 aromatic rings.